The number of hydrogen-bond donors (Lipinski definition) is 3. The second-order valence-electron chi connectivity index (χ2n) is 6.66. The molecule has 2 heterocycles. The lowest BCUT2D eigenvalue weighted by Gasteiger charge is -2.16. The molecule has 3 rings (SSSR count). The predicted molar refractivity (Wildman–Crippen MR) is 136 cm³/mol. The summed E-state index contributed by atoms with van der Waals surface area (Å²) < 4.78 is 1.92. The van der Waals surface area contributed by atoms with Crippen LogP contribution in [0.2, 0.25) is 10.0 Å². The van der Waals surface area contributed by atoms with Gasteiger partial charge in [0.05, 0.1) is 12.6 Å². The van der Waals surface area contributed by atoms with E-state index in [4.69, 9.17) is 23.2 Å². The number of aryl methyl sites for hydroxylation is 1. The first-order chi connectivity index (χ1) is 14.5. The van der Waals surface area contributed by atoms with Gasteiger partial charge in [-0.15, -0.1) is 24.0 Å². The molecule has 2 aromatic heterocycles. The zero-order chi connectivity index (χ0) is 21.5. The van der Waals surface area contributed by atoms with E-state index >= 15 is 0 Å². The number of halogens is 3. The fourth-order valence-electron chi connectivity index (χ4n) is 2.86. The Morgan fingerprint density at radius 3 is 2.48 bits per heavy atom. The van der Waals surface area contributed by atoms with Gasteiger partial charge in [-0.25, -0.2) is 15.0 Å². The summed E-state index contributed by atoms with van der Waals surface area (Å²) in [4.78, 5) is 13.3. The Kier molecular flexibility index (Phi) is 10.0. The minimum Gasteiger partial charge on any atom is -0.387 e. The average Bonchev–Trinajstić information content (AvgIpc) is 3.15. The van der Waals surface area contributed by atoms with Crippen LogP contribution >= 0.6 is 47.2 Å². The molecule has 0 saturated carbocycles. The van der Waals surface area contributed by atoms with Crippen molar-refractivity contribution in [2.45, 2.75) is 26.5 Å². The van der Waals surface area contributed by atoms with Gasteiger partial charge < -0.3 is 15.7 Å². The lowest BCUT2D eigenvalue weighted by atomic mass is 10.1. The van der Waals surface area contributed by atoms with E-state index in [0.717, 1.165) is 17.2 Å². The molecular weight excluding hydrogens is 550 g/mol. The summed E-state index contributed by atoms with van der Waals surface area (Å²) >= 11 is 12.0. The summed E-state index contributed by atoms with van der Waals surface area (Å²) in [5.41, 5.74) is 1.61. The van der Waals surface area contributed by atoms with Crippen LogP contribution in [0.25, 0.3) is 5.82 Å². The molecule has 0 saturated heterocycles. The van der Waals surface area contributed by atoms with E-state index in [9.17, 15) is 5.11 Å². The highest BCUT2D eigenvalue weighted by molar-refractivity contribution is 14.0. The topological polar surface area (TPSA) is 87.4 Å². The second kappa shape index (κ2) is 12.2. The number of guanidine groups is 1. The first-order valence-corrected chi connectivity index (χ1v) is 10.3. The highest BCUT2D eigenvalue weighted by Crippen LogP contribution is 2.23. The first kappa shape index (κ1) is 25.4. The third-order valence-electron chi connectivity index (χ3n) is 4.38. The van der Waals surface area contributed by atoms with E-state index in [0.29, 0.717) is 34.7 Å². The number of aliphatic imine (C=N–C) groups is 1. The van der Waals surface area contributed by atoms with Crippen LogP contribution < -0.4 is 10.6 Å². The zero-order valence-corrected chi connectivity index (χ0v) is 21.1. The first-order valence-electron chi connectivity index (χ1n) is 9.57. The summed E-state index contributed by atoms with van der Waals surface area (Å²) in [7, 11) is 0. The highest BCUT2D eigenvalue weighted by Gasteiger charge is 2.10. The van der Waals surface area contributed by atoms with Crippen molar-refractivity contribution in [2.75, 3.05) is 13.1 Å². The van der Waals surface area contributed by atoms with Crippen LogP contribution in [-0.4, -0.2) is 38.7 Å². The maximum Gasteiger partial charge on any atom is 0.191 e. The molecule has 0 spiro atoms. The van der Waals surface area contributed by atoms with Crippen molar-refractivity contribution in [1.82, 2.24) is 25.2 Å². The van der Waals surface area contributed by atoms with Gasteiger partial charge in [-0.05, 0) is 49.2 Å². The van der Waals surface area contributed by atoms with Crippen LogP contribution in [0.3, 0.4) is 0 Å². The number of benzene rings is 1. The van der Waals surface area contributed by atoms with Crippen molar-refractivity contribution in [1.29, 1.82) is 0 Å². The lowest BCUT2D eigenvalue weighted by molar-refractivity contribution is 0.181. The molecule has 1 atom stereocenters. The minimum atomic E-state index is -0.774. The van der Waals surface area contributed by atoms with Crippen LogP contribution in [0.5, 0.6) is 0 Å². The Labute approximate surface area is 208 Å². The van der Waals surface area contributed by atoms with Crippen molar-refractivity contribution in [3.63, 3.8) is 0 Å². The van der Waals surface area contributed by atoms with Gasteiger partial charge in [0.15, 0.2) is 5.96 Å². The molecule has 0 fully saturated rings. The molecule has 0 radical (unpaired) electrons. The lowest BCUT2D eigenvalue weighted by Crippen LogP contribution is -2.39. The number of pyridine rings is 1. The number of aliphatic hydroxyl groups is 1. The molecule has 0 amide bonds. The van der Waals surface area contributed by atoms with E-state index in [2.05, 4.69) is 25.6 Å². The fourth-order valence-corrected chi connectivity index (χ4v) is 3.41. The standard InChI is InChI=1S/C21H24Cl2N6O.HI/c1-3-24-21(28-13-19(30)16-8-17(22)10-18(23)9-16)27-12-15-4-5-20(26-11-15)29-7-6-25-14(29)2;/h4-11,19,30H,3,12-13H2,1-2H3,(H2,24,27,28);1H. The van der Waals surface area contributed by atoms with Gasteiger partial charge in [-0.1, -0.05) is 29.3 Å². The molecular formula is C21H25Cl2IN6O. The summed E-state index contributed by atoms with van der Waals surface area (Å²) in [6, 6.07) is 8.94. The molecule has 1 aromatic carbocycles. The molecule has 3 N–H and O–H groups in total. The number of hydrogen-bond acceptors (Lipinski definition) is 4. The summed E-state index contributed by atoms with van der Waals surface area (Å²) in [5.74, 6) is 2.29. The number of nitrogens with one attached hydrogen (secondary N) is 2. The Morgan fingerprint density at radius 2 is 1.90 bits per heavy atom. The van der Waals surface area contributed by atoms with E-state index in [-0.39, 0.29) is 30.5 Å². The van der Waals surface area contributed by atoms with Crippen LogP contribution in [-0.2, 0) is 6.54 Å². The molecule has 0 aliphatic rings. The van der Waals surface area contributed by atoms with Crippen LogP contribution in [0.1, 0.15) is 30.0 Å². The van der Waals surface area contributed by atoms with Crippen molar-refractivity contribution in [2.24, 2.45) is 4.99 Å². The number of aromatic nitrogens is 3. The highest BCUT2D eigenvalue weighted by atomic mass is 127. The number of nitrogens with zero attached hydrogens (tertiary/aromatic N) is 4. The SMILES string of the molecule is CCNC(=NCc1ccc(-n2ccnc2C)nc1)NCC(O)c1cc(Cl)cc(Cl)c1.I. The molecule has 10 heteroatoms. The van der Waals surface area contributed by atoms with E-state index in [1.807, 2.05) is 36.7 Å². The normalized spacial score (nSPS) is 12.2. The van der Waals surface area contributed by atoms with Gasteiger partial charge in [0, 0.05) is 41.7 Å². The van der Waals surface area contributed by atoms with Gasteiger partial charge in [0.25, 0.3) is 0 Å². The Balaban J connectivity index is 0.00000341. The minimum absolute atomic E-state index is 0. The Bertz CT molecular complexity index is 989. The van der Waals surface area contributed by atoms with Crippen molar-refractivity contribution >= 4 is 53.1 Å². The zero-order valence-electron chi connectivity index (χ0n) is 17.2. The maximum absolute atomic E-state index is 10.4. The maximum atomic E-state index is 10.4. The van der Waals surface area contributed by atoms with Crippen molar-refractivity contribution in [3.8, 4) is 5.82 Å². The summed E-state index contributed by atoms with van der Waals surface area (Å²) in [6.45, 7) is 5.32. The molecule has 0 aliphatic heterocycles. The number of rotatable bonds is 7. The molecule has 0 aliphatic carbocycles. The van der Waals surface area contributed by atoms with E-state index < -0.39 is 6.10 Å². The summed E-state index contributed by atoms with van der Waals surface area (Å²) in [5, 5.41) is 17.7. The third kappa shape index (κ3) is 7.34. The molecule has 1 unspecified atom stereocenters. The predicted octanol–water partition coefficient (Wildman–Crippen LogP) is 4.29. The van der Waals surface area contributed by atoms with Gasteiger partial charge in [-0.2, -0.15) is 0 Å². The second-order valence-corrected chi connectivity index (χ2v) is 7.54. The summed E-state index contributed by atoms with van der Waals surface area (Å²) in [6.07, 6.45) is 4.64. The van der Waals surface area contributed by atoms with Crippen LogP contribution in [0, 0.1) is 6.92 Å². The molecule has 7 nitrogen and oxygen atoms in total. The van der Waals surface area contributed by atoms with Gasteiger partial charge in [0.2, 0.25) is 0 Å². The van der Waals surface area contributed by atoms with Crippen molar-refractivity contribution in [3.05, 3.63) is 75.9 Å². The van der Waals surface area contributed by atoms with E-state index in [1.54, 1.807) is 30.6 Å². The van der Waals surface area contributed by atoms with Crippen LogP contribution in [0.15, 0.2) is 53.9 Å². The van der Waals surface area contributed by atoms with Gasteiger partial charge in [0.1, 0.15) is 11.6 Å². The van der Waals surface area contributed by atoms with Crippen molar-refractivity contribution < 1.29 is 5.11 Å². The van der Waals surface area contributed by atoms with Crippen LogP contribution in [0.4, 0.5) is 0 Å². The fraction of sp³-hybridized carbons (Fsp3) is 0.286. The Morgan fingerprint density at radius 1 is 1.16 bits per heavy atom. The molecule has 3 aromatic rings. The Hall–Kier alpha value is -1.88. The monoisotopic (exact) mass is 574 g/mol. The number of imidazole rings is 1. The number of aliphatic hydroxyl groups excluding tert-OH is 1. The molecule has 31 heavy (non-hydrogen) atoms. The third-order valence-corrected chi connectivity index (χ3v) is 4.81. The molecule has 166 valence electrons. The largest absolute Gasteiger partial charge is 0.387 e. The molecule has 0 bridgehead atoms. The average molecular weight is 575 g/mol. The smallest absolute Gasteiger partial charge is 0.191 e. The van der Waals surface area contributed by atoms with Gasteiger partial charge >= 0.3 is 0 Å². The van der Waals surface area contributed by atoms with Gasteiger partial charge in [-0.3, -0.25) is 4.57 Å². The van der Waals surface area contributed by atoms with E-state index in [1.165, 1.54) is 0 Å². The quantitative estimate of drug-likeness (QED) is 0.223.